The van der Waals surface area contributed by atoms with Gasteiger partial charge >= 0.3 is 5.97 Å². The summed E-state index contributed by atoms with van der Waals surface area (Å²) in [5, 5.41) is 147. The van der Waals surface area contributed by atoms with E-state index in [4.69, 9.17) is 43.0 Å². The minimum Gasteiger partial charge on any atom is -0.481 e. The molecule has 23 heteroatoms. The Hall–Kier alpha value is -1.37. The van der Waals surface area contributed by atoms with Crippen molar-refractivity contribution in [1.82, 2.24) is 0 Å². The van der Waals surface area contributed by atoms with E-state index in [0.717, 1.165) is 44.9 Å². The molecule has 0 radical (unpaired) electrons. The van der Waals surface area contributed by atoms with E-state index in [1.54, 1.807) is 0 Å². The normalized spacial score (nSPS) is 42.2. The maximum atomic E-state index is 11.5. The Morgan fingerprint density at radius 1 is 0.508 bits per heavy atom. The Bertz CT molecular complexity index is 1300. The summed E-state index contributed by atoms with van der Waals surface area (Å²) in [4.78, 5) is 10.7. The van der Waals surface area contributed by atoms with Gasteiger partial charge in [-0.15, -0.1) is 0 Å². The van der Waals surface area contributed by atoms with Crippen LogP contribution in [0.1, 0.15) is 90.9 Å². The summed E-state index contributed by atoms with van der Waals surface area (Å²) in [7, 11) is 0. The molecule has 4 heterocycles. The van der Waals surface area contributed by atoms with Gasteiger partial charge in [0.1, 0.15) is 91.6 Å². The van der Waals surface area contributed by atoms with Crippen molar-refractivity contribution in [3.63, 3.8) is 0 Å². The average Bonchev–Trinajstić information content (AvgIpc) is 3.25. The third kappa shape index (κ3) is 14.6. The predicted octanol–water partition coefficient (Wildman–Crippen LogP) is -4.18. The van der Waals surface area contributed by atoms with Crippen molar-refractivity contribution in [2.45, 2.75) is 226 Å². The van der Waals surface area contributed by atoms with Crippen molar-refractivity contribution >= 4 is 5.97 Å². The molecule has 4 fully saturated rings. The zero-order chi connectivity index (χ0) is 46.5. The molecule has 0 spiro atoms. The lowest BCUT2D eigenvalue weighted by Crippen LogP contribution is -2.67. The van der Waals surface area contributed by atoms with Crippen LogP contribution in [-0.4, -0.2) is 232 Å². The number of aliphatic hydroxyl groups is 13. The summed E-state index contributed by atoms with van der Waals surface area (Å²) in [6.07, 6.45) is -27.1. The standard InChI is InChI=1S/C40H72O23/c1-3-4-12-20(13-10-8-6-5-7-9-11-19(44)14-24(45)46)57-39-32(54)35(27(49)22(16-42)59-39)63-40-33(55)36(28(50)23(17-43)60-40)62-38-31(53)34(25(47)18(2)56-38)61-37-30(52)29(51)26(48)21(15-41)58-37/h18-23,25-44,47-55H,3-17H2,1-2H3,(H,45,46)/t18-,19-,20+,21-,22+,23-,25-,26-,27+,28-,29+,30-,31-,32+,33-,34+,35-,36+,37+,38+,39+,40+/m0/s1. The SMILES string of the molecule is CCCC[C@H](CCCCCCCC[C@H](O)CC(=O)O)O[C@@H]1O[C@H](CO)[C@@H](O)[C@H](O[C@H]2O[C@@H](CO)[C@H](O)[C@@H](O[C@H]3O[C@@H](C)[C@H](O)[C@@H](O[C@H]4O[C@@H](CO)[C@H](O)[C@@H](O)[C@@H]4O)[C@@H]3O)[C@@H]2O)[C@H]1O. The van der Waals surface area contributed by atoms with E-state index >= 15 is 0 Å². The molecule has 22 atom stereocenters. The quantitative estimate of drug-likeness (QED) is 0.0386. The van der Waals surface area contributed by atoms with Crippen LogP contribution in [-0.2, 0) is 42.7 Å². The third-order valence-electron chi connectivity index (χ3n) is 12.1. The Morgan fingerprint density at radius 3 is 1.43 bits per heavy atom. The van der Waals surface area contributed by atoms with Crippen molar-refractivity contribution in [3.8, 4) is 0 Å². The highest BCUT2D eigenvalue weighted by Crippen LogP contribution is 2.35. The zero-order valence-electron chi connectivity index (χ0n) is 35.7. The summed E-state index contributed by atoms with van der Waals surface area (Å²) in [5.41, 5.74) is 0. The van der Waals surface area contributed by atoms with Gasteiger partial charge in [0.2, 0.25) is 0 Å². The first-order valence-corrected chi connectivity index (χ1v) is 22.1. The van der Waals surface area contributed by atoms with Crippen LogP contribution in [0.4, 0.5) is 0 Å². The van der Waals surface area contributed by atoms with E-state index in [2.05, 4.69) is 0 Å². The van der Waals surface area contributed by atoms with Crippen LogP contribution < -0.4 is 0 Å². The second-order valence-corrected chi connectivity index (χ2v) is 17.0. The molecule has 0 aromatic carbocycles. The summed E-state index contributed by atoms with van der Waals surface area (Å²) in [6, 6.07) is 0. The lowest BCUT2D eigenvalue weighted by atomic mass is 9.95. The van der Waals surface area contributed by atoms with Crippen LogP contribution in [0.25, 0.3) is 0 Å². The third-order valence-corrected chi connectivity index (χ3v) is 12.1. The number of carbonyl (C=O) groups is 1. The van der Waals surface area contributed by atoms with Crippen LogP contribution >= 0.6 is 0 Å². The molecule has 4 aliphatic rings. The maximum absolute atomic E-state index is 11.5. The molecule has 0 bridgehead atoms. The Morgan fingerprint density at radius 2 is 0.921 bits per heavy atom. The van der Waals surface area contributed by atoms with Gasteiger partial charge in [-0.05, 0) is 26.2 Å². The van der Waals surface area contributed by atoms with E-state index in [1.165, 1.54) is 6.92 Å². The van der Waals surface area contributed by atoms with E-state index in [0.29, 0.717) is 25.7 Å². The molecule has 63 heavy (non-hydrogen) atoms. The predicted molar refractivity (Wildman–Crippen MR) is 210 cm³/mol. The average molecular weight is 921 g/mol. The van der Waals surface area contributed by atoms with Crippen molar-refractivity contribution in [3.05, 3.63) is 0 Å². The number of carboxylic acid groups (broad SMARTS) is 1. The molecule has 14 N–H and O–H groups in total. The monoisotopic (exact) mass is 920 g/mol. The van der Waals surface area contributed by atoms with Gasteiger partial charge in [-0.3, -0.25) is 4.79 Å². The highest BCUT2D eigenvalue weighted by atomic mass is 16.8. The molecule has 4 aliphatic heterocycles. The van der Waals surface area contributed by atoms with E-state index < -0.39 is 161 Å². The first-order valence-electron chi connectivity index (χ1n) is 22.1. The molecule has 23 nitrogen and oxygen atoms in total. The van der Waals surface area contributed by atoms with Crippen molar-refractivity contribution in [1.29, 1.82) is 0 Å². The summed E-state index contributed by atoms with van der Waals surface area (Å²) >= 11 is 0. The van der Waals surface area contributed by atoms with Crippen LogP contribution in [0.5, 0.6) is 0 Å². The van der Waals surface area contributed by atoms with Crippen LogP contribution in [0, 0.1) is 0 Å². The van der Waals surface area contributed by atoms with E-state index in [-0.39, 0.29) is 6.42 Å². The number of unbranched alkanes of at least 4 members (excludes halogenated alkanes) is 6. The molecule has 0 aliphatic carbocycles. The molecule has 0 unspecified atom stereocenters. The number of rotatable bonds is 25. The second kappa shape index (κ2) is 26.2. The molecule has 0 aromatic heterocycles. The summed E-state index contributed by atoms with van der Waals surface area (Å²) in [5.74, 6) is -1.04. The number of carboxylic acids is 1. The Balaban J connectivity index is 1.41. The highest BCUT2D eigenvalue weighted by molar-refractivity contribution is 5.67. The van der Waals surface area contributed by atoms with Gasteiger partial charge in [0.25, 0.3) is 0 Å². The Kier molecular flexibility index (Phi) is 22.6. The lowest BCUT2D eigenvalue weighted by Gasteiger charge is -2.49. The molecule has 4 rings (SSSR count). The molecular formula is C40H72O23. The fourth-order valence-electron chi connectivity index (χ4n) is 8.23. The van der Waals surface area contributed by atoms with Gasteiger partial charge in [0, 0.05) is 0 Å². The van der Waals surface area contributed by atoms with Crippen molar-refractivity contribution in [2.75, 3.05) is 19.8 Å². The van der Waals surface area contributed by atoms with Crippen molar-refractivity contribution < 1.29 is 114 Å². The summed E-state index contributed by atoms with van der Waals surface area (Å²) < 4.78 is 46.1. The summed E-state index contributed by atoms with van der Waals surface area (Å²) in [6.45, 7) is 0.984. The second-order valence-electron chi connectivity index (χ2n) is 17.0. The fraction of sp³-hybridized carbons (Fsp3) is 0.975. The maximum Gasteiger partial charge on any atom is 0.305 e. The number of aliphatic hydroxyl groups excluding tert-OH is 13. The Labute approximate surface area is 365 Å². The van der Waals surface area contributed by atoms with Gasteiger partial charge in [-0.2, -0.15) is 0 Å². The number of aliphatic carboxylic acids is 1. The van der Waals surface area contributed by atoms with Crippen LogP contribution in [0.3, 0.4) is 0 Å². The highest BCUT2D eigenvalue weighted by Gasteiger charge is 2.55. The molecule has 0 amide bonds. The molecule has 370 valence electrons. The molecule has 0 saturated carbocycles. The number of ether oxygens (including phenoxy) is 8. The van der Waals surface area contributed by atoms with Crippen LogP contribution in [0.2, 0.25) is 0 Å². The zero-order valence-corrected chi connectivity index (χ0v) is 35.7. The van der Waals surface area contributed by atoms with Gasteiger partial charge in [-0.1, -0.05) is 58.3 Å². The minimum atomic E-state index is -1.99. The van der Waals surface area contributed by atoms with Gasteiger partial charge in [0.15, 0.2) is 25.2 Å². The number of hydrogen-bond acceptors (Lipinski definition) is 22. The van der Waals surface area contributed by atoms with E-state index in [9.17, 15) is 71.2 Å². The first-order chi connectivity index (χ1) is 30.0. The molecular weight excluding hydrogens is 848 g/mol. The minimum absolute atomic E-state index is 0.280. The smallest absolute Gasteiger partial charge is 0.305 e. The largest absolute Gasteiger partial charge is 0.481 e. The van der Waals surface area contributed by atoms with Gasteiger partial charge < -0.3 is 109 Å². The number of hydrogen-bond donors (Lipinski definition) is 14. The first kappa shape index (κ1) is 54.2. The van der Waals surface area contributed by atoms with Crippen molar-refractivity contribution in [2.24, 2.45) is 0 Å². The van der Waals surface area contributed by atoms with Gasteiger partial charge in [0.05, 0.1) is 44.6 Å². The molecule has 0 aromatic rings. The van der Waals surface area contributed by atoms with Crippen LogP contribution in [0.15, 0.2) is 0 Å². The lowest BCUT2D eigenvalue weighted by molar-refractivity contribution is -0.389. The van der Waals surface area contributed by atoms with E-state index in [1.807, 2.05) is 6.92 Å². The fourth-order valence-corrected chi connectivity index (χ4v) is 8.23. The topological polar surface area (TPSA) is 374 Å². The molecule has 4 saturated heterocycles. The van der Waals surface area contributed by atoms with Gasteiger partial charge in [-0.25, -0.2) is 0 Å².